The summed E-state index contributed by atoms with van der Waals surface area (Å²) in [5, 5.41) is 12.6. The van der Waals surface area contributed by atoms with Crippen LogP contribution < -0.4 is 5.32 Å². The average molecular weight is 503 g/mol. The molecule has 0 aliphatic carbocycles. The van der Waals surface area contributed by atoms with Crippen LogP contribution in [0.15, 0.2) is 94.7 Å². The van der Waals surface area contributed by atoms with Crippen LogP contribution in [-0.2, 0) is 25.5 Å². The second kappa shape index (κ2) is 10.2. The predicted molar refractivity (Wildman–Crippen MR) is 122 cm³/mol. The molecule has 0 fully saturated rings. The summed E-state index contributed by atoms with van der Waals surface area (Å²) < 4.78 is 73.0. The third kappa shape index (κ3) is 5.46. The summed E-state index contributed by atoms with van der Waals surface area (Å²) in [6, 6.07) is 13.8. The number of sulfone groups is 1. The number of nitriles is 1. The van der Waals surface area contributed by atoms with Crippen LogP contribution in [0, 0.1) is 11.3 Å². The number of allylic oxidation sites excluding steroid dienone is 2. The summed E-state index contributed by atoms with van der Waals surface area (Å²) in [5.41, 5.74) is -1.99. The van der Waals surface area contributed by atoms with Crippen LogP contribution >= 0.6 is 0 Å². The highest BCUT2D eigenvalue weighted by Crippen LogP contribution is 2.44. The summed E-state index contributed by atoms with van der Waals surface area (Å²) in [6.07, 6.45) is -3.53. The predicted octanol–water partition coefficient (Wildman–Crippen LogP) is 4.65. The molecule has 3 rings (SSSR count). The van der Waals surface area contributed by atoms with E-state index in [0.717, 1.165) is 12.1 Å². The number of hydrogen-bond acceptors (Lipinski definition) is 6. The van der Waals surface area contributed by atoms with Crippen molar-refractivity contribution in [2.24, 2.45) is 0 Å². The number of carbonyl (C=O) groups excluding carboxylic acids is 1. The van der Waals surface area contributed by atoms with E-state index in [2.05, 4.69) is 11.9 Å². The number of rotatable bonds is 7. The third-order valence-corrected chi connectivity index (χ3v) is 6.99. The van der Waals surface area contributed by atoms with Gasteiger partial charge in [-0.25, -0.2) is 13.2 Å². The van der Waals surface area contributed by atoms with Crippen molar-refractivity contribution >= 4 is 15.8 Å². The van der Waals surface area contributed by atoms with Gasteiger partial charge in [-0.05, 0) is 30.7 Å². The molecule has 1 heterocycles. The monoisotopic (exact) mass is 502 g/mol. The molecule has 6 nitrogen and oxygen atoms in total. The highest BCUT2D eigenvalue weighted by Gasteiger charge is 2.42. The lowest BCUT2D eigenvalue weighted by Gasteiger charge is -2.31. The Labute approximate surface area is 200 Å². The van der Waals surface area contributed by atoms with Gasteiger partial charge in [-0.15, -0.1) is 0 Å². The van der Waals surface area contributed by atoms with Crippen molar-refractivity contribution < 1.29 is 31.1 Å². The van der Waals surface area contributed by atoms with E-state index in [0.29, 0.717) is 0 Å². The van der Waals surface area contributed by atoms with Crippen molar-refractivity contribution in [1.82, 2.24) is 5.32 Å². The first-order valence-electron chi connectivity index (χ1n) is 10.3. The molecule has 10 heteroatoms. The Morgan fingerprint density at radius 1 is 1.17 bits per heavy atom. The maximum atomic E-state index is 13.9. The fourth-order valence-corrected chi connectivity index (χ4v) is 5.18. The largest absolute Gasteiger partial charge is 0.458 e. The second-order valence-electron chi connectivity index (χ2n) is 7.65. The van der Waals surface area contributed by atoms with Gasteiger partial charge in [0.15, 0.2) is 9.84 Å². The molecule has 35 heavy (non-hydrogen) atoms. The number of nitrogens with one attached hydrogen (secondary N) is 1. The number of nitrogens with zero attached hydrogens (tertiary/aromatic N) is 1. The van der Waals surface area contributed by atoms with Crippen molar-refractivity contribution in [3.05, 3.63) is 101 Å². The van der Waals surface area contributed by atoms with E-state index in [-0.39, 0.29) is 39.6 Å². The van der Waals surface area contributed by atoms with Crippen molar-refractivity contribution in [3.8, 4) is 6.07 Å². The van der Waals surface area contributed by atoms with Crippen LogP contribution in [0.1, 0.15) is 24.0 Å². The maximum absolute atomic E-state index is 13.9. The van der Waals surface area contributed by atoms with E-state index >= 15 is 0 Å². The number of dihydropyridines is 1. The van der Waals surface area contributed by atoms with Gasteiger partial charge >= 0.3 is 12.1 Å². The lowest BCUT2D eigenvalue weighted by Crippen LogP contribution is -2.33. The first kappa shape index (κ1) is 25.8. The van der Waals surface area contributed by atoms with Gasteiger partial charge in [0, 0.05) is 11.4 Å². The van der Waals surface area contributed by atoms with Crippen LogP contribution in [0.25, 0.3) is 0 Å². The number of carbonyl (C=O) groups is 1. The summed E-state index contributed by atoms with van der Waals surface area (Å²) in [4.78, 5) is 13.1. The van der Waals surface area contributed by atoms with E-state index in [4.69, 9.17) is 4.74 Å². The first-order chi connectivity index (χ1) is 16.5. The van der Waals surface area contributed by atoms with Crippen LogP contribution in [0.2, 0.25) is 0 Å². The molecule has 2 aromatic rings. The van der Waals surface area contributed by atoms with Crippen molar-refractivity contribution in [3.63, 3.8) is 0 Å². The maximum Gasteiger partial charge on any atom is 0.416 e. The van der Waals surface area contributed by atoms with Gasteiger partial charge in [-0.2, -0.15) is 18.4 Å². The molecule has 0 bridgehead atoms. The minimum absolute atomic E-state index is 0.0342. The molecule has 1 aliphatic rings. The molecule has 182 valence electrons. The molecule has 2 aromatic carbocycles. The number of alkyl halides is 3. The highest BCUT2D eigenvalue weighted by atomic mass is 32.2. The quantitative estimate of drug-likeness (QED) is 0.438. The smallest absolute Gasteiger partial charge is 0.416 e. The summed E-state index contributed by atoms with van der Waals surface area (Å²) in [6.45, 7) is 4.62. The van der Waals surface area contributed by atoms with E-state index in [9.17, 15) is 31.6 Å². The standard InChI is InChI=1S/C25H21F3N2O4S/c1-3-13-34-24(31)23-21(15-35(32,33)17-9-5-4-6-10-17)30-16(2)19(14-29)22(23)18-11-7-8-12-20(18)25(26,27)28/h3-12,22,30H,1,13,15H2,2H3. The molecule has 0 saturated carbocycles. The fraction of sp³-hybridized carbons (Fsp3) is 0.200. The highest BCUT2D eigenvalue weighted by molar-refractivity contribution is 7.91. The van der Waals surface area contributed by atoms with E-state index < -0.39 is 39.2 Å². The zero-order valence-electron chi connectivity index (χ0n) is 18.6. The Morgan fingerprint density at radius 2 is 1.80 bits per heavy atom. The Hall–Kier alpha value is -3.84. The Morgan fingerprint density at radius 3 is 2.40 bits per heavy atom. The minimum Gasteiger partial charge on any atom is -0.458 e. The number of ether oxygens (including phenoxy) is 1. The molecular formula is C25H21F3N2O4S. The zero-order valence-corrected chi connectivity index (χ0v) is 19.4. The van der Waals surface area contributed by atoms with Crippen molar-refractivity contribution in [1.29, 1.82) is 5.26 Å². The average Bonchev–Trinajstić information content (AvgIpc) is 2.82. The van der Waals surface area contributed by atoms with Crippen LogP contribution in [-0.4, -0.2) is 26.7 Å². The van der Waals surface area contributed by atoms with Gasteiger partial charge in [0.05, 0.1) is 39.3 Å². The first-order valence-corrected chi connectivity index (χ1v) is 12.0. The number of hydrogen-bond donors (Lipinski definition) is 1. The molecule has 1 atom stereocenters. The third-order valence-electron chi connectivity index (χ3n) is 5.33. The van der Waals surface area contributed by atoms with Crippen molar-refractivity contribution in [2.75, 3.05) is 12.4 Å². The number of benzene rings is 2. The molecule has 1 aliphatic heterocycles. The molecule has 0 aromatic heterocycles. The Bertz CT molecular complexity index is 1360. The van der Waals surface area contributed by atoms with Gasteiger partial charge in [0.25, 0.3) is 0 Å². The van der Waals surface area contributed by atoms with Gasteiger partial charge in [0.2, 0.25) is 0 Å². The minimum atomic E-state index is -4.79. The van der Waals surface area contributed by atoms with Gasteiger partial charge in [-0.3, -0.25) is 0 Å². The number of halogens is 3. The van der Waals surface area contributed by atoms with Crippen molar-refractivity contribution in [2.45, 2.75) is 23.9 Å². The van der Waals surface area contributed by atoms with E-state index in [1.54, 1.807) is 6.07 Å². The lowest BCUT2D eigenvalue weighted by atomic mass is 9.79. The van der Waals surface area contributed by atoms with Gasteiger partial charge in [0.1, 0.15) is 6.61 Å². The molecular weight excluding hydrogens is 481 g/mol. The van der Waals surface area contributed by atoms with Crippen LogP contribution in [0.5, 0.6) is 0 Å². The topological polar surface area (TPSA) is 96.3 Å². The molecule has 1 N–H and O–H groups in total. The van der Waals surface area contributed by atoms with E-state index in [1.165, 1.54) is 49.4 Å². The van der Waals surface area contributed by atoms with Crippen LogP contribution in [0.3, 0.4) is 0 Å². The number of esters is 1. The molecule has 0 saturated heterocycles. The summed E-state index contributed by atoms with van der Waals surface area (Å²) in [5.74, 6) is -3.29. The Kier molecular flexibility index (Phi) is 7.51. The summed E-state index contributed by atoms with van der Waals surface area (Å²) >= 11 is 0. The van der Waals surface area contributed by atoms with Gasteiger partial charge in [-0.1, -0.05) is 49.1 Å². The van der Waals surface area contributed by atoms with Gasteiger partial charge < -0.3 is 10.1 Å². The fourth-order valence-electron chi connectivity index (χ4n) is 3.83. The van der Waals surface area contributed by atoms with E-state index in [1.807, 2.05) is 6.07 Å². The van der Waals surface area contributed by atoms with Crippen LogP contribution in [0.4, 0.5) is 13.2 Å². The molecule has 0 spiro atoms. The molecule has 1 unspecified atom stereocenters. The second-order valence-corrected chi connectivity index (χ2v) is 9.63. The molecule has 0 radical (unpaired) electrons. The lowest BCUT2D eigenvalue weighted by molar-refractivity contribution is -0.140. The zero-order chi connectivity index (χ0) is 25.8. The summed E-state index contributed by atoms with van der Waals surface area (Å²) in [7, 11) is -4.01. The Balaban J connectivity index is 2.29. The molecule has 0 amide bonds. The normalized spacial score (nSPS) is 16.4. The SMILES string of the molecule is C=CCOC(=O)C1=C(CS(=O)(=O)c2ccccc2)NC(C)=C(C#N)C1c1ccccc1C(F)(F)F.